The van der Waals surface area contributed by atoms with Gasteiger partial charge in [-0.25, -0.2) is 0 Å². The average Bonchev–Trinajstić information content (AvgIpc) is 2.47. The number of phenolic OH excluding ortho intramolecular Hbond substituents is 1. The molecule has 5 nitrogen and oxygen atoms in total. The van der Waals surface area contributed by atoms with Crippen LogP contribution in [0.25, 0.3) is 0 Å². The Kier molecular flexibility index (Phi) is 3.20. The zero-order valence-electron chi connectivity index (χ0n) is 11.4. The van der Waals surface area contributed by atoms with Crippen molar-refractivity contribution < 1.29 is 24.5 Å². The molecule has 1 unspecified atom stereocenters. The minimum absolute atomic E-state index is 0.135. The van der Waals surface area contributed by atoms with E-state index in [1.165, 1.54) is 0 Å². The maximum absolute atomic E-state index is 11.4. The molecule has 0 aliphatic carbocycles. The fourth-order valence-electron chi connectivity index (χ4n) is 3.04. The van der Waals surface area contributed by atoms with Gasteiger partial charge in [0.2, 0.25) is 0 Å². The van der Waals surface area contributed by atoms with Crippen LogP contribution >= 0.6 is 0 Å². The summed E-state index contributed by atoms with van der Waals surface area (Å²) in [4.78, 5) is 11.4. The van der Waals surface area contributed by atoms with E-state index < -0.39 is 11.9 Å². The highest BCUT2D eigenvalue weighted by molar-refractivity contribution is 5.80. The van der Waals surface area contributed by atoms with Crippen molar-refractivity contribution in [1.82, 2.24) is 0 Å². The molecular formula is C15H18O5. The molecule has 0 bridgehead atoms. The summed E-state index contributed by atoms with van der Waals surface area (Å²) < 4.78 is 11.3. The number of hydrogen-bond donors (Lipinski definition) is 2. The fourth-order valence-corrected chi connectivity index (χ4v) is 3.04. The van der Waals surface area contributed by atoms with Crippen molar-refractivity contribution in [2.75, 3.05) is 13.2 Å². The minimum atomic E-state index is -0.889. The second-order valence-corrected chi connectivity index (χ2v) is 5.34. The van der Waals surface area contributed by atoms with E-state index in [0.717, 1.165) is 18.4 Å². The molecule has 5 heteroatoms. The summed E-state index contributed by atoms with van der Waals surface area (Å²) in [6.07, 6.45) is 3.05. The molecule has 0 saturated carbocycles. The van der Waals surface area contributed by atoms with Crippen molar-refractivity contribution >= 4 is 5.97 Å². The van der Waals surface area contributed by atoms with Gasteiger partial charge in [-0.2, -0.15) is 0 Å². The highest BCUT2D eigenvalue weighted by Crippen LogP contribution is 2.49. The molecule has 1 aromatic rings. The number of ether oxygens (including phenoxy) is 2. The van der Waals surface area contributed by atoms with Gasteiger partial charge in [0, 0.05) is 16.7 Å². The number of fused-ring (bicyclic) bond motifs is 2. The predicted molar refractivity (Wildman–Crippen MR) is 71.8 cm³/mol. The Morgan fingerprint density at radius 3 is 2.35 bits per heavy atom. The van der Waals surface area contributed by atoms with E-state index in [-0.39, 0.29) is 5.75 Å². The molecule has 0 amide bonds. The Bertz CT molecular complexity index is 527. The van der Waals surface area contributed by atoms with Gasteiger partial charge >= 0.3 is 5.97 Å². The van der Waals surface area contributed by atoms with Gasteiger partial charge in [0.15, 0.2) is 11.5 Å². The molecule has 3 rings (SSSR count). The van der Waals surface area contributed by atoms with Crippen LogP contribution in [0.5, 0.6) is 17.2 Å². The monoisotopic (exact) mass is 278 g/mol. The van der Waals surface area contributed by atoms with Gasteiger partial charge in [-0.05, 0) is 32.6 Å². The Morgan fingerprint density at radius 1 is 1.10 bits per heavy atom. The van der Waals surface area contributed by atoms with Gasteiger partial charge < -0.3 is 19.7 Å². The van der Waals surface area contributed by atoms with Crippen LogP contribution in [0, 0.1) is 0 Å². The quantitative estimate of drug-likeness (QED) is 0.867. The SMILES string of the molecule is CC(C(=O)O)c1c2c(c(O)c3c1OCCC3)OCCC2. The van der Waals surface area contributed by atoms with E-state index >= 15 is 0 Å². The Balaban J connectivity index is 2.27. The first-order valence-electron chi connectivity index (χ1n) is 7.00. The lowest BCUT2D eigenvalue weighted by atomic mass is 9.86. The number of carboxylic acids is 1. The fraction of sp³-hybridized carbons (Fsp3) is 0.533. The van der Waals surface area contributed by atoms with Crippen LogP contribution in [0.3, 0.4) is 0 Å². The lowest BCUT2D eigenvalue weighted by molar-refractivity contribution is -0.138. The Hall–Kier alpha value is -1.91. The molecule has 1 aromatic carbocycles. The highest BCUT2D eigenvalue weighted by Gasteiger charge is 2.33. The number of benzene rings is 1. The molecule has 20 heavy (non-hydrogen) atoms. The smallest absolute Gasteiger partial charge is 0.310 e. The standard InChI is InChI=1S/C15H18O5/c1-8(15(17)18)11-9-4-2-7-20-14(9)12(16)10-5-3-6-19-13(10)11/h8,16H,2-7H2,1H3,(H,17,18). The van der Waals surface area contributed by atoms with Crippen molar-refractivity contribution in [2.45, 2.75) is 38.5 Å². The largest absolute Gasteiger partial charge is 0.504 e. The molecule has 0 saturated heterocycles. The summed E-state index contributed by atoms with van der Waals surface area (Å²) in [7, 11) is 0. The molecule has 2 N–H and O–H groups in total. The molecule has 0 radical (unpaired) electrons. The van der Waals surface area contributed by atoms with Crippen LogP contribution in [0.15, 0.2) is 0 Å². The first-order chi connectivity index (χ1) is 9.61. The summed E-state index contributed by atoms with van der Waals surface area (Å²) in [5.41, 5.74) is 2.17. The lowest BCUT2D eigenvalue weighted by Crippen LogP contribution is -2.20. The van der Waals surface area contributed by atoms with Crippen molar-refractivity contribution in [2.24, 2.45) is 0 Å². The molecule has 2 aliphatic rings. The predicted octanol–water partition coefficient (Wildman–Crippen LogP) is 2.23. The Morgan fingerprint density at radius 2 is 1.70 bits per heavy atom. The summed E-state index contributed by atoms with van der Waals surface area (Å²) in [5.74, 6) is -0.398. The number of rotatable bonds is 2. The van der Waals surface area contributed by atoms with Gasteiger partial charge in [0.1, 0.15) is 5.75 Å². The van der Waals surface area contributed by atoms with Crippen LogP contribution in [-0.2, 0) is 17.6 Å². The summed E-state index contributed by atoms with van der Waals surface area (Å²) in [6.45, 7) is 2.77. The molecule has 2 heterocycles. The Labute approximate surface area is 117 Å². The third-order valence-electron chi connectivity index (χ3n) is 4.06. The molecule has 0 aromatic heterocycles. The zero-order chi connectivity index (χ0) is 14.3. The van der Waals surface area contributed by atoms with Crippen LogP contribution in [0.1, 0.15) is 42.4 Å². The van der Waals surface area contributed by atoms with Gasteiger partial charge in [-0.15, -0.1) is 0 Å². The number of aromatic hydroxyl groups is 1. The van der Waals surface area contributed by atoms with E-state index in [9.17, 15) is 15.0 Å². The first kappa shape index (κ1) is 13.1. The normalized spacial score (nSPS) is 18.2. The van der Waals surface area contributed by atoms with E-state index in [0.29, 0.717) is 48.7 Å². The molecule has 0 spiro atoms. The topological polar surface area (TPSA) is 76.0 Å². The van der Waals surface area contributed by atoms with Crippen LogP contribution in [0.4, 0.5) is 0 Å². The molecule has 0 fully saturated rings. The van der Waals surface area contributed by atoms with Gasteiger partial charge in [-0.1, -0.05) is 0 Å². The van der Waals surface area contributed by atoms with Crippen molar-refractivity contribution in [3.63, 3.8) is 0 Å². The number of phenols is 1. The van der Waals surface area contributed by atoms with Crippen molar-refractivity contribution in [3.8, 4) is 17.2 Å². The maximum atomic E-state index is 11.4. The number of carbonyl (C=O) groups is 1. The third kappa shape index (κ3) is 1.88. The van der Waals surface area contributed by atoms with Gasteiger partial charge in [0.05, 0.1) is 19.1 Å². The van der Waals surface area contributed by atoms with Crippen LogP contribution in [-0.4, -0.2) is 29.4 Å². The van der Waals surface area contributed by atoms with Crippen molar-refractivity contribution in [1.29, 1.82) is 0 Å². The maximum Gasteiger partial charge on any atom is 0.310 e. The molecule has 108 valence electrons. The number of carboxylic acid groups (broad SMARTS) is 1. The molecular weight excluding hydrogens is 260 g/mol. The summed E-state index contributed by atoms with van der Waals surface area (Å²) in [6, 6.07) is 0. The van der Waals surface area contributed by atoms with E-state index in [2.05, 4.69) is 0 Å². The zero-order valence-corrected chi connectivity index (χ0v) is 11.4. The second-order valence-electron chi connectivity index (χ2n) is 5.34. The van der Waals surface area contributed by atoms with E-state index in [1.807, 2.05) is 0 Å². The first-order valence-corrected chi connectivity index (χ1v) is 7.00. The summed E-state index contributed by atoms with van der Waals surface area (Å²) in [5, 5.41) is 19.7. The second kappa shape index (κ2) is 4.89. The number of aliphatic carboxylic acids is 1. The highest BCUT2D eigenvalue weighted by atomic mass is 16.5. The minimum Gasteiger partial charge on any atom is -0.504 e. The van der Waals surface area contributed by atoms with E-state index in [4.69, 9.17) is 9.47 Å². The van der Waals surface area contributed by atoms with Gasteiger partial charge in [-0.3, -0.25) is 4.79 Å². The number of hydrogen-bond acceptors (Lipinski definition) is 4. The lowest BCUT2D eigenvalue weighted by Gasteiger charge is -2.30. The molecule has 1 atom stereocenters. The average molecular weight is 278 g/mol. The van der Waals surface area contributed by atoms with Crippen LogP contribution < -0.4 is 9.47 Å². The van der Waals surface area contributed by atoms with E-state index in [1.54, 1.807) is 6.92 Å². The van der Waals surface area contributed by atoms with Crippen LogP contribution in [0.2, 0.25) is 0 Å². The molecule has 2 aliphatic heterocycles. The third-order valence-corrected chi connectivity index (χ3v) is 4.06. The van der Waals surface area contributed by atoms with Crippen molar-refractivity contribution in [3.05, 3.63) is 16.7 Å². The van der Waals surface area contributed by atoms with Gasteiger partial charge in [0.25, 0.3) is 0 Å². The summed E-state index contributed by atoms with van der Waals surface area (Å²) >= 11 is 0.